The van der Waals surface area contributed by atoms with E-state index in [0.29, 0.717) is 0 Å². The van der Waals surface area contributed by atoms with Crippen molar-refractivity contribution in [3.05, 3.63) is 49.1 Å². The number of hydrogen-bond donors (Lipinski definition) is 1. The summed E-state index contributed by atoms with van der Waals surface area (Å²) in [5.41, 5.74) is 2.38. The van der Waals surface area contributed by atoms with Crippen LogP contribution < -0.4 is 5.32 Å². The highest BCUT2D eigenvalue weighted by Gasteiger charge is 2.12. The van der Waals surface area contributed by atoms with E-state index < -0.39 is 0 Å². The Balaban J connectivity index is 2.23. The Morgan fingerprint density at radius 1 is 1.28 bits per heavy atom. The Morgan fingerprint density at radius 3 is 2.61 bits per heavy atom. The number of thiophene rings is 1. The predicted octanol–water partition coefficient (Wildman–Crippen LogP) is 5.95. The summed E-state index contributed by atoms with van der Waals surface area (Å²) in [7, 11) is 0. The van der Waals surface area contributed by atoms with Gasteiger partial charge in [-0.15, -0.1) is 11.3 Å². The van der Waals surface area contributed by atoms with Crippen LogP contribution in [0.4, 0.5) is 5.69 Å². The minimum atomic E-state index is 0.268. The molecule has 1 aromatic carbocycles. The van der Waals surface area contributed by atoms with Crippen molar-refractivity contribution in [1.29, 1.82) is 0 Å². The van der Waals surface area contributed by atoms with Crippen molar-refractivity contribution in [3.8, 4) is 0 Å². The van der Waals surface area contributed by atoms with E-state index in [1.54, 1.807) is 0 Å². The number of anilines is 1. The smallest absolute Gasteiger partial charge is 0.0504 e. The number of nitrogens with one attached hydrogen (secondary N) is 1. The minimum absolute atomic E-state index is 0.268. The van der Waals surface area contributed by atoms with Crippen molar-refractivity contribution in [2.75, 3.05) is 5.32 Å². The average Bonchev–Trinajstić information content (AvgIpc) is 2.63. The Labute approximate surface area is 125 Å². The first kappa shape index (κ1) is 13.9. The molecule has 0 bridgehead atoms. The Kier molecular flexibility index (Phi) is 4.36. The third kappa shape index (κ3) is 3.08. The van der Waals surface area contributed by atoms with Gasteiger partial charge in [0.25, 0.3) is 0 Å². The highest BCUT2D eigenvalue weighted by molar-refractivity contribution is 9.10. The highest BCUT2D eigenvalue weighted by atomic mass is 79.9. The van der Waals surface area contributed by atoms with Crippen molar-refractivity contribution < 1.29 is 0 Å². The second-order valence-electron chi connectivity index (χ2n) is 4.36. The van der Waals surface area contributed by atoms with Crippen molar-refractivity contribution >= 4 is 44.6 Å². The standard InChI is InChI=1S/C14H15BrClNS/c1-8-6-12(10(3)18-8)9(2)17-14-7-11(16)4-5-13(14)15/h4-7,9,17H,1-3H3. The predicted molar refractivity (Wildman–Crippen MR) is 85.0 cm³/mol. The molecule has 1 N–H and O–H groups in total. The average molecular weight is 345 g/mol. The largest absolute Gasteiger partial charge is 0.378 e. The zero-order chi connectivity index (χ0) is 13.3. The molecule has 0 saturated heterocycles. The topological polar surface area (TPSA) is 12.0 Å². The lowest BCUT2D eigenvalue weighted by molar-refractivity contribution is 0.880. The second kappa shape index (κ2) is 5.64. The molecule has 0 spiro atoms. The fraction of sp³-hybridized carbons (Fsp3) is 0.286. The fourth-order valence-corrected chi connectivity index (χ4v) is 3.56. The van der Waals surface area contributed by atoms with Gasteiger partial charge in [-0.05, 0) is 66.5 Å². The molecule has 1 heterocycles. The first-order chi connectivity index (χ1) is 8.47. The third-order valence-electron chi connectivity index (χ3n) is 2.85. The third-order valence-corrected chi connectivity index (χ3v) is 4.75. The highest BCUT2D eigenvalue weighted by Crippen LogP contribution is 2.32. The lowest BCUT2D eigenvalue weighted by Gasteiger charge is -2.17. The zero-order valence-corrected chi connectivity index (χ0v) is 13.7. The van der Waals surface area contributed by atoms with Gasteiger partial charge in [-0.1, -0.05) is 11.6 Å². The molecule has 1 aromatic heterocycles. The Hall–Kier alpha value is -0.510. The summed E-state index contributed by atoms with van der Waals surface area (Å²) in [4.78, 5) is 2.71. The van der Waals surface area contributed by atoms with Crippen LogP contribution in [-0.4, -0.2) is 0 Å². The van der Waals surface area contributed by atoms with Gasteiger partial charge in [0, 0.05) is 25.3 Å². The fourth-order valence-electron chi connectivity index (χ4n) is 2.00. The molecule has 0 aliphatic heterocycles. The maximum absolute atomic E-state index is 6.02. The summed E-state index contributed by atoms with van der Waals surface area (Å²) in [6.07, 6.45) is 0. The van der Waals surface area contributed by atoms with E-state index >= 15 is 0 Å². The van der Waals surface area contributed by atoms with E-state index in [1.165, 1.54) is 15.3 Å². The molecule has 4 heteroatoms. The number of rotatable bonds is 3. The second-order valence-corrected chi connectivity index (χ2v) is 7.11. The van der Waals surface area contributed by atoms with E-state index in [-0.39, 0.29) is 6.04 Å². The Morgan fingerprint density at radius 2 is 2.00 bits per heavy atom. The number of aryl methyl sites for hydroxylation is 2. The normalized spacial score (nSPS) is 12.5. The van der Waals surface area contributed by atoms with Crippen molar-refractivity contribution in [2.24, 2.45) is 0 Å². The van der Waals surface area contributed by atoms with Crippen LogP contribution in [0.1, 0.15) is 28.3 Å². The molecule has 0 fully saturated rings. The molecule has 2 rings (SSSR count). The number of hydrogen-bond acceptors (Lipinski definition) is 2. The van der Waals surface area contributed by atoms with Gasteiger partial charge >= 0.3 is 0 Å². The van der Waals surface area contributed by atoms with Crippen LogP contribution in [0.5, 0.6) is 0 Å². The van der Waals surface area contributed by atoms with Gasteiger partial charge in [-0.2, -0.15) is 0 Å². The van der Waals surface area contributed by atoms with Gasteiger partial charge in [-0.3, -0.25) is 0 Å². The van der Waals surface area contributed by atoms with Crippen LogP contribution in [0, 0.1) is 13.8 Å². The van der Waals surface area contributed by atoms with Gasteiger partial charge in [-0.25, -0.2) is 0 Å². The van der Waals surface area contributed by atoms with Crippen LogP contribution in [0.2, 0.25) is 5.02 Å². The van der Waals surface area contributed by atoms with Crippen molar-refractivity contribution in [2.45, 2.75) is 26.8 Å². The summed E-state index contributed by atoms with van der Waals surface area (Å²) in [5, 5.41) is 4.24. The molecule has 96 valence electrons. The molecular formula is C14H15BrClNS. The van der Waals surface area contributed by atoms with Crippen LogP contribution in [-0.2, 0) is 0 Å². The van der Waals surface area contributed by atoms with E-state index in [9.17, 15) is 0 Å². The van der Waals surface area contributed by atoms with E-state index in [4.69, 9.17) is 11.6 Å². The SMILES string of the molecule is Cc1cc(C(C)Nc2cc(Cl)ccc2Br)c(C)s1. The molecular weight excluding hydrogens is 330 g/mol. The van der Waals surface area contributed by atoms with Gasteiger partial charge in [0.15, 0.2) is 0 Å². The van der Waals surface area contributed by atoms with Crippen molar-refractivity contribution in [3.63, 3.8) is 0 Å². The van der Waals surface area contributed by atoms with E-state index in [0.717, 1.165) is 15.2 Å². The summed E-state index contributed by atoms with van der Waals surface area (Å²) in [5.74, 6) is 0. The van der Waals surface area contributed by atoms with Gasteiger partial charge < -0.3 is 5.32 Å². The quantitative estimate of drug-likeness (QED) is 0.725. The maximum atomic E-state index is 6.02. The molecule has 2 aromatic rings. The van der Waals surface area contributed by atoms with Gasteiger partial charge in [0.05, 0.1) is 5.69 Å². The molecule has 0 saturated carbocycles. The number of halogens is 2. The van der Waals surface area contributed by atoms with Crippen LogP contribution in [0.25, 0.3) is 0 Å². The first-order valence-electron chi connectivity index (χ1n) is 5.76. The summed E-state index contributed by atoms with van der Waals surface area (Å²) >= 11 is 11.4. The van der Waals surface area contributed by atoms with Gasteiger partial charge in [0.1, 0.15) is 0 Å². The van der Waals surface area contributed by atoms with E-state index in [1.807, 2.05) is 29.5 Å². The molecule has 0 aliphatic carbocycles. The zero-order valence-electron chi connectivity index (χ0n) is 10.6. The van der Waals surface area contributed by atoms with Gasteiger partial charge in [0.2, 0.25) is 0 Å². The lowest BCUT2D eigenvalue weighted by Crippen LogP contribution is -2.07. The molecule has 18 heavy (non-hydrogen) atoms. The lowest BCUT2D eigenvalue weighted by atomic mass is 10.1. The van der Waals surface area contributed by atoms with Crippen LogP contribution in [0.15, 0.2) is 28.7 Å². The monoisotopic (exact) mass is 343 g/mol. The van der Waals surface area contributed by atoms with Crippen molar-refractivity contribution in [1.82, 2.24) is 0 Å². The van der Waals surface area contributed by atoms with Crippen LogP contribution in [0.3, 0.4) is 0 Å². The molecule has 0 radical (unpaired) electrons. The summed E-state index contributed by atoms with van der Waals surface area (Å²) in [6, 6.07) is 8.29. The first-order valence-corrected chi connectivity index (χ1v) is 7.74. The molecule has 1 unspecified atom stereocenters. The summed E-state index contributed by atoms with van der Waals surface area (Å²) in [6.45, 7) is 6.48. The molecule has 1 nitrogen and oxygen atoms in total. The molecule has 0 amide bonds. The van der Waals surface area contributed by atoms with Crippen LogP contribution >= 0.6 is 38.9 Å². The summed E-state index contributed by atoms with van der Waals surface area (Å²) < 4.78 is 1.03. The molecule has 1 atom stereocenters. The minimum Gasteiger partial charge on any atom is -0.378 e. The maximum Gasteiger partial charge on any atom is 0.0504 e. The Bertz CT molecular complexity index is 565. The number of benzene rings is 1. The molecule has 0 aliphatic rings. The van der Waals surface area contributed by atoms with E-state index in [2.05, 4.69) is 48.1 Å².